The number of ether oxygens (including phenoxy) is 4. The molecule has 14 nitrogen and oxygen atoms in total. The van der Waals surface area contributed by atoms with E-state index in [-0.39, 0.29) is 89.6 Å². The molecule has 7 aromatic rings. The van der Waals surface area contributed by atoms with E-state index in [4.69, 9.17) is 75.6 Å². The molecule has 0 radical (unpaired) electrons. The number of nitrogens with one attached hydrogen (secondary N) is 2. The van der Waals surface area contributed by atoms with Gasteiger partial charge in [0.1, 0.15) is 34.4 Å². The predicted molar refractivity (Wildman–Crippen MR) is 378 cm³/mol. The highest BCUT2D eigenvalue weighted by atomic mass is 35.5. The molecule has 2 aliphatic heterocycles. The van der Waals surface area contributed by atoms with Crippen LogP contribution in [0.4, 0.5) is 22.7 Å². The van der Waals surface area contributed by atoms with Crippen molar-refractivity contribution in [1.29, 1.82) is 0 Å². The summed E-state index contributed by atoms with van der Waals surface area (Å²) in [6.07, 6.45) is 3.63. The molecule has 2 heterocycles. The topological polar surface area (TPSA) is 160 Å². The second kappa shape index (κ2) is 28.4. The minimum Gasteiger partial charge on any atom is -0.497 e. The number of hydrogen-bond donors (Lipinski definition) is 2. The van der Waals surface area contributed by atoms with E-state index in [0.29, 0.717) is 51.1 Å². The zero-order valence-electron chi connectivity index (χ0n) is 55.3. The van der Waals surface area contributed by atoms with Crippen LogP contribution in [0.1, 0.15) is 154 Å². The molecule has 488 valence electrons. The molecular formula is C75H82Cl4N6O8. The van der Waals surface area contributed by atoms with Gasteiger partial charge < -0.3 is 29.6 Å². The maximum Gasteiger partial charge on any atom is 0.262 e. The fraction of sp³-hybridized carbons (Fsp3) is 0.360. The molecule has 2 unspecified atom stereocenters. The Morgan fingerprint density at radius 1 is 0.484 bits per heavy atom. The molecule has 0 aromatic heterocycles. The molecular weight excluding hydrogens is 1250 g/mol. The Bertz CT molecular complexity index is 3730. The maximum atomic E-state index is 16.0. The number of hydrogen-bond acceptors (Lipinski definition) is 10. The Labute approximate surface area is 566 Å². The third-order valence-corrected chi connectivity index (χ3v) is 20.0. The summed E-state index contributed by atoms with van der Waals surface area (Å²) in [7, 11) is 2.94. The molecule has 4 amide bonds. The van der Waals surface area contributed by atoms with Crippen LogP contribution in [0.2, 0.25) is 20.1 Å². The van der Waals surface area contributed by atoms with Gasteiger partial charge in [0.2, 0.25) is 0 Å². The Balaban J connectivity index is 1.08. The number of amides is 4. The summed E-state index contributed by atoms with van der Waals surface area (Å²) >= 11 is 28.0. The van der Waals surface area contributed by atoms with Gasteiger partial charge in [0.25, 0.3) is 23.6 Å². The smallest absolute Gasteiger partial charge is 0.262 e. The number of nitrogens with zero attached hydrogens (tertiary/aromatic N) is 4. The van der Waals surface area contributed by atoms with Crippen LogP contribution in [0.3, 0.4) is 0 Å². The lowest BCUT2D eigenvalue weighted by Gasteiger charge is -2.30. The van der Waals surface area contributed by atoms with Gasteiger partial charge in [-0.1, -0.05) is 208 Å². The zero-order valence-corrected chi connectivity index (χ0v) is 58.3. The molecule has 2 N–H and O–H groups in total. The fourth-order valence-corrected chi connectivity index (χ4v) is 12.7. The molecule has 9 rings (SSSR count). The lowest BCUT2D eigenvalue weighted by Crippen LogP contribution is -2.41. The average Bonchev–Trinajstić information content (AvgIpc) is 1.59. The van der Waals surface area contributed by atoms with E-state index < -0.39 is 29.6 Å². The third-order valence-electron chi connectivity index (χ3n) is 18.9. The van der Waals surface area contributed by atoms with E-state index in [1.807, 2.05) is 42.5 Å². The van der Waals surface area contributed by atoms with Gasteiger partial charge in [0.05, 0.1) is 57.6 Å². The van der Waals surface area contributed by atoms with Crippen LogP contribution in [0.5, 0.6) is 23.0 Å². The Morgan fingerprint density at radius 3 is 1.15 bits per heavy atom. The molecule has 18 heteroatoms. The quantitative estimate of drug-likeness (QED) is 0.0572. The van der Waals surface area contributed by atoms with Crippen molar-refractivity contribution in [1.82, 2.24) is 0 Å². The third kappa shape index (κ3) is 14.7. The molecule has 0 saturated carbocycles. The second-order valence-corrected chi connectivity index (χ2v) is 27.9. The highest BCUT2D eigenvalue weighted by molar-refractivity contribution is 6.42. The molecule has 0 aliphatic carbocycles. The van der Waals surface area contributed by atoms with E-state index in [2.05, 4.69) is 118 Å². The molecule has 0 saturated heterocycles. The number of benzene rings is 7. The van der Waals surface area contributed by atoms with E-state index in [0.717, 1.165) is 46.8 Å². The van der Waals surface area contributed by atoms with Crippen LogP contribution in [-0.2, 0) is 40.8 Å². The zero-order chi connectivity index (χ0) is 67.5. The summed E-state index contributed by atoms with van der Waals surface area (Å²) in [5.74, 6) is -3.54. The van der Waals surface area contributed by atoms with Crippen molar-refractivity contribution in [3.63, 3.8) is 0 Å². The molecule has 0 spiro atoms. The van der Waals surface area contributed by atoms with Gasteiger partial charge in [-0.05, 0) is 112 Å². The molecule has 93 heavy (non-hydrogen) atoms. The first-order chi connectivity index (χ1) is 44.1. The van der Waals surface area contributed by atoms with Gasteiger partial charge in [-0.2, -0.15) is 20.2 Å². The van der Waals surface area contributed by atoms with Crippen molar-refractivity contribution >= 4 is 104 Å². The van der Waals surface area contributed by atoms with Gasteiger partial charge in [-0.3, -0.25) is 19.2 Å². The largest absolute Gasteiger partial charge is 0.497 e. The minimum absolute atomic E-state index is 0.0481. The van der Waals surface area contributed by atoms with E-state index >= 15 is 9.59 Å². The van der Waals surface area contributed by atoms with Crippen LogP contribution in [0, 0.1) is 11.8 Å². The first-order valence-electron chi connectivity index (χ1n) is 31.4. The Kier molecular flexibility index (Phi) is 21.2. The molecule has 7 aromatic carbocycles. The van der Waals surface area contributed by atoms with E-state index in [9.17, 15) is 9.59 Å². The number of carbonyl (C=O) groups is 4. The van der Waals surface area contributed by atoms with Crippen LogP contribution < -0.4 is 39.6 Å². The van der Waals surface area contributed by atoms with Crippen molar-refractivity contribution < 1.29 is 38.1 Å². The highest BCUT2D eigenvalue weighted by Gasteiger charge is 2.53. The molecule has 2 atom stereocenters. The van der Waals surface area contributed by atoms with Crippen LogP contribution in [-0.4, -0.2) is 62.5 Å². The van der Waals surface area contributed by atoms with Crippen molar-refractivity contribution in [3.05, 3.63) is 199 Å². The average molecular weight is 1340 g/mol. The summed E-state index contributed by atoms with van der Waals surface area (Å²) in [6.45, 7) is 25.7. The SMILES string of the molecule is CCC(C)(C)c1ccc(OCC(=O)Nc2ccc(C3=NN(c4c(Cl)cc(OC)cc4Cl)C(=O)C3C(c3ccccc3)C3C(=O)N(c4c(Cl)cc(OC)cc4Cl)N=C3c3ccc(NC(=O)COc4ccc(C(C)(C)CC)cc4C(C)(C)CC)cc3)cc2)c(C(C)(C)CC)c1. The standard InChI is InChI=1S/C75H82Cl4N6O8/c1-15-72(5,6)47-28-34-59(53(36-47)74(9,10)17-3)92-42-61(86)80-49-30-24-45(25-31-49)66-64(70(88)84(82-66)68-55(76)38-51(90-13)39-56(68)77)63(44-22-20-19-21-23-44)65-67(83-85(71(65)89)69-57(78)40-52(91-14)41-58(69)79)46-26-32-50(33-27-46)81-62(87)43-93-60-35-29-48(73(7,8)16-2)37-54(60)75(11,12)18-4/h19-41,63-65H,15-18,42-43H2,1-14H3,(H,80,86)(H,81,87). The van der Waals surface area contributed by atoms with Crippen molar-refractivity contribution in [2.45, 2.75) is 136 Å². The van der Waals surface area contributed by atoms with Crippen LogP contribution in [0.25, 0.3) is 0 Å². The summed E-state index contributed by atoms with van der Waals surface area (Å²) in [4.78, 5) is 59.5. The summed E-state index contributed by atoms with van der Waals surface area (Å²) in [5, 5.41) is 18.7. The summed E-state index contributed by atoms with van der Waals surface area (Å²) < 4.78 is 23.6. The molecule has 0 bridgehead atoms. The number of methoxy groups -OCH3 is 2. The predicted octanol–water partition coefficient (Wildman–Crippen LogP) is 18.3. The summed E-state index contributed by atoms with van der Waals surface area (Å²) in [6, 6.07) is 41.6. The first kappa shape index (κ1) is 69.5. The maximum absolute atomic E-state index is 16.0. The highest BCUT2D eigenvalue weighted by Crippen LogP contribution is 2.50. The lowest BCUT2D eigenvalue weighted by molar-refractivity contribution is -0.123. The number of halogens is 4. The van der Waals surface area contributed by atoms with Crippen LogP contribution >= 0.6 is 46.4 Å². The van der Waals surface area contributed by atoms with E-state index in [1.165, 1.54) is 49.6 Å². The Morgan fingerprint density at radius 2 is 0.828 bits per heavy atom. The number of carbonyl (C=O) groups excluding carboxylic acids is 4. The monoisotopic (exact) mass is 1330 g/mol. The molecule has 2 aliphatic rings. The van der Waals surface area contributed by atoms with Gasteiger partial charge >= 0.3 is 0 Å². The van der Waals surface area contributed by atoms with E-state index in [1.54, 1.807) is 48.5 Å². The van der Waals surface area contributed by atoms with Gasteiger partial charge in [-0.15, -0.1) is 0 Å². The van der Waals surface area contributed by atoms with Crippen LogP contribution in [0.15, 0.2) is 150 Å². The van der Waals surface area contributed by atoms with Crippen molar-refractivity contribution in [2.24, 2.45) is 22.0 Å². The van der Waals surface area contributed by atoms with Crippen molar-refractivity contribution in [3.8, 4) is 23.0 Å². The van der Waals surface area contributed by atoms with Gasteiger partial charge in [-0.25, -0.2) is 0 Å². The van der Waals surface area contributed by atoms with Crippen molar-refractivity contribution in [2.75, 3.05) is 48.1 Å². The lowest BCUT2D eigenvalue weighted by atomic mass is 9.70. The number of rotatable bonds is 25. The molecule has 0 fully saturated rings. The summed E-state index contributed by atoms with van der Waals surface area (Å²) in [5.41, 5.74) is 7.00. The first-order valence-corrected chi connectivity index (χ1v) is 32.9. The second-order valence-electron chi connectivity index (χ2n) is 26.2. The fourth-order valence-electron chi connectivity index (χ4n) is 11.5. The van der Waals surface area contributed by atoms with Gasteiger partial charge in [0, 0.05) is 52.7 Å². The Hall–Kier alpha value is -7.88. The minimum atomic E-state index is -1.26. The normalized spacial score (nSPS) is 15.6. The number of anilines is 4. The van der Waals surface area contributed by atoms with Gasteiger partial charge in [0.15, 0.2) is 13.2 Å². The number of hydrazone groups is 2.